The molecule has 0 aliphatic rings. The summed E-state index contributed by atoms with van der Waals surface area (Å²) in [5.74, 6) is -0.118. The molecule has 5 nitrogen and oxygen atoms in total. The smallest absolute Gasteiger partial charge is 0.263 e. The van der Waals surface area contributed by atoms with E-state index < -0.39 is 11.9 Å². The molecule has 0 bridgehead atoms. The second kappa shape index (κ2) is 8.15. The minimum Gasteiger partial charge on any atom is -0.494 e. The molecule has 2 rings (SSSR count). The molecule has 0 heterocycles. The van der Waals surface area contributed by atoms with Crippen molar-refractivity contribution in [2.75, 3.05) is 14.2 Å². The van der Waals surface area contributed by atoms with E-state index in [4.69, 9.17) is 14.7 Å². The topological polar surface area (TPSA) is 62.6 Å². The van der Waals surface area contributed by atoms with Gasteiger partial charge in [0.05, 0.1) is 18.7 Å². The Labute approximate surface area is 146 Å². The number of likely N-dealkylation sites (N-methyl/N-ethyl adjacent to an activating group) is 1. The van der Waals surface area contributed by atoms with Crippen LogP contribution in [0, 0.1) is 17.1 Å². The standard InChI is InChI=1S/C19H19FN2O3/c1-13(25-16-6-4-5-14(9-16)11-21)19(23)22(2)12-15-7-8-18(24-3)17(20)10-15/h4-10,13H,12H2,1-3H3. The van der Waals surface area contributed by atoms with E-state index in [1.54, 1.807) is 44.3 Å². The minimum atomic E-state index is -0.734. The van der Waals surface area contributed by atoms with Crippen molar-refractivity contribution < 1.29 is 18.7 Å². The van der Waals surface area contributed by atoms with Crippen molar-refractivity contribution in [3.05, 3.63) is 59.4 Å². The first kappa shape index (κ1) is 18.3. The molecule has 0 spiro atoms. The van der Waals surface area contributed by atoms with Crippen LogP contribution in [0.2, 0.25) is 0 Å². The lowest BCUT2D eigenvalue weighted by molar-refractivity contribution is -0.137. The molecule has 2 aromatic carbocycles. The summed E-state index contributed by atoms with van der Waals surface area (Å²) >= 11 is 0. The summed E-state index contributed by atoms with van der Waals surface area (Å²) in [6.45, 7) is 1.87. The summed E-state index contributed by atoms with van der Waals surface area (Å²) in [5.41, 5.74) is 1.10. The maximum atomic E-state index is 13.7. The van der Waals surface area contributed by atoms with Gasteiger partial charge in [0.1, 0.15) is 5.75 Å². The average molecular weight is 342 g/mol. The molecule has 6 heteroatoms. The average Bonchev–Trinajstić information content (AvgIpc) is 2.61. The number of halogens is 1. The second-order valence-electron chi connectivity index (χ2n) is 5.56. The first-order valence-corrected chi connectivity index (χ1v) is 7.68. The Balaban J connectivity index is 2.01. The highest BCUT2D eigenvalue weighted by molar-refractivity contribution is 5.80. The van der Waals surface area contributed by atoms with Crippen LogP contribution in [0.5, 0.6) is 11.5 Å². The van der Waals surface area contributed by atoms with Gasteiger partial charge in [-0.3, -0.25) is 4.79 Å². The van der Waals surface area contributed by atoms with Gasteiger partial charge < -0.3 is 14.4 Å². The number of carbonyl (C=O) groups excluding carboxylic acids is 1. The number of nitriles is 1. The molecule has 1 amide bonds. The van der Waals surface area contributed by atoms with Gasteiger partial charge in [-0.1, -0.05) is 12.1 Å². The molecule has 0 radical (unpaired) electrons. The van der Waals surface area contributed by atoms with E-state index in [1.807, 2.05) is 6.07 Å². The van der Waals surface area contributed by atoms with Crippen molar-refractivity contribution in [2.45, 2.75) is 19.6 Å². The van der Waals surface area contributed by atoms with Crippen molar-refractivity contribution in [2.24, 2.45) is 0 Å². The Morgan fingerprint density at radius 1 is 1.32 bits per heavy atom. The zero-order chi connectivity index (χ0) is 18.4. The minimum absolute atomic E-state index is 0.159. The molecule has 0 N–H and O–H groups in total. The number of hydrogen-bond acceptors (Lipinski definition) is 4. The fourth-order valence-corrected chi connectivity index (χ4v) is 2.36. The van der Waals surface area contributed by atoms with Gasteiger partial charge in [0.25, 0.3) is 5.91 Å². The van der Waals surface area contributed by atoms with Gasteiger partial charge >= 0.3 is 0 Å². The van der Waals surface area contributed by atoms with E-state index in [0.29, 0.717) is 16.9 Å². The number of ether oxygens (including phenoxy) is 2. The molecule has 0 aliphatic heterocycles. The third-order valence-electron chi connectivity index (χ3n) is 3.64. The fraction of sp³-hybridized carbons (Fsp3) is 0.263. The second-order valence-corrected chi connectivity index (χ2v) is 5.56. The number of nitrogens with zero attached hydrogens (tertiary/aromatic N) is 2. The maximum absolute atomic E-state index is 13.7. The van der Waals surface area contributed by atoms with Crippen LogP contribution in [0.3, 0.4) is 0 Å². The highest BCUT2D eigenvalue weighted by Crippen LogP contribution is 2.19. The normalized spacial score (nSPS) is 11.3. The van der Waals surface area contributed by atoms with Gasteiger partial charge in [0, 0.05) is 13.6 Å². The van der Waals surface area contributed by atoms with Crippen LogP contribution in [0.25, 0.3) is 0 Å². The fourth-order valence-electron chi connectivity index (χ4n) is 2.36. The Kier molecular flexibility index (Phi) is 5.96. The van der Waals surface area contributed by atoms with Crippen LogP contribution >= 0.6 is 0 Å². The van der Waals surface area contributed by atoms with E-state index in [1.165, 1.54) is 24.1 Å². The summed E-state index contributed by atoms with van der Waals surface area (Å²) in [5, 5.41) is 8.90. The van der Waals surface area contributed by atoms with Gasteiger partial charge in [0.2, 0.25) is 0 Å². The zero-order valence-corrected chi connectivity index (χ0v) is 14.3. The zero-order valence-electron chi connectivity index (χ0n) is 14.3. The third kappa shape index (κ3) is 4.70. The van der Waals surface area contributed by atoms with Crippen molar-refractivity contribution in [1.29, 1.82) is 5.26 Å². The highest BCUT2D eigenvalue weighted by atomic mass is 19.1. The quantitative estimate of drug-likeness (QED) is 0.809. The number of methoxy groups -OCH3 is 1. The first-order valence-electron chi connectivity index (χ1n) is 7.68. The number of rotatable bonds is 6. The molecule has 2 aromatic rings. The molecule has 0 aliphatic carbocycles. The van der Waals surface area contributed by atoms with Crippen molar-refractivity contribution in [3.8, 4) is 17.6 Å². The summed E-state index contributed by atoms with van der Waals surface area (Å²) in [7, 11) is 3.02. The summed E-state index contributed by atoms with van der Waals surface area (Å²) < 4.78 is 24.2. The number of benzene rings is 2. The Hall–Kier alpha value is -3.07. The van der Waals surface area contributed by atoms with Crippen molar-refractivity contribution in [3.63, 3.8) is 0 Å². The third-order valence-corrected chi connectivity index (χ3v) is 3.64. The SMILES string of the molecule is COc1ccc(CN(C)C(=O)C(C)Oc2cccc(C#N)c2)cc1F. The van der Waals surface area contributed by atoms with Crippen LogP contribution in [0.1, 0.15) is 18.1 Å². The van der Waals surface area contributed by atoms with Crippen LogP contribution in [0.4, 0.5) is 4.39 Å². The molecule has 0 aromatic heterocycles. The van der Waals surface area contributed by atoms with Crippen LogP contribution in [-0.4, -0.2) is 31.1 Å². The van der Waals surface area contributed by atoms with Crippen LogP contribution < -0.4 is 9.47 Å². The van der Waals surface area contributed by atoms with E-state index >= 15 is 0 Å². The van der Waals surface area contributed by atoms with Gasteiger partial charge in [-0.15, -0.1) is 0 Å². The lowest BCUT2D eigenvalue weighted by Gasteiger charge is -2.22. The number of hydrogen-bond donors (Lipinski definition) is 0. The molecule has 0 saturated heterocycles. The maximum Gasteiger partial charge on any atom is 0.263 e. The first-order chi connectivity index (χ1) is 11.9. The Morgan fingerprint density at radius 3 is 2.72 bits per heavy atom. The molecule has 0 fully saturated rings. The molecule has 25 heavy (non-hydrogen) atoms. The number of amides is 1. The monoisotopic (exact) mass is 342 g/mol. The van der Waals surface area contributed by atoms with Crippen LogP contribution in [-0.2, 0) is 11.3 Å². The van der Waals surface area contributed by atoms with Gasteiger partial charge in [-0.05, 0) is 42.8 Å². The van der Waals surface area contributed by atoms with E-state index in [0.717, 1.165) is 0 Å². The lowest BCUT2D eigenvalue weighted by Crippen LogP contribution is -2.37. The summed E-state index contributed by atoms with van der Waals surface area (Å²) in [4.78, 5) is 13.9. The predicted molar refractivity (Wildman–Crippen MR) is 90.7 cm³/mol. The molecule has 1 unspecified atom stereocenters. The summed E-state index contributed by atoms with van der Waals surface area (Å²) in [6.07, 6.45) is -0.734. The van der Waals surface area contributed by atoms with E-state index in [2.05, 4.69) is 0 Å². The van der Waals surface area contributed by atoms with E-state index in [9.17, 15) is 9.18 Å². The number of carbonyl (C=O) groups is 1. The molecular formula is C19H19FN2O3. The van der Waals surface area contributed by atoms with Gasteiger partial charge in [0.15, 0.2) is 17.7 Å². The van der Waals surface area contributed by atoms with Gasteiger partial charge in [-0.25, -0.2) is 4.39 Å². The summed E-state index contributed by atoms with van der Waals surface area (Å²) in [6, 6.07) is 13.2. The highest BCUT2D eigenvalue weighted by Gasteiger charge is 2.20. The Bertz CT molecular complexity index is 801. The van der Waals surface area contributed by atoms with Crippen LogP contribution in [0.15, 0.2) is 42.5 Å². The largest absolute Gasteiger partial charge is 0.494 e. The molecule has 0 saturated carbocycles. The van der Waals surface area contributed by atoms with Crippen molar-refractivity contribution in [1.82, 2.24) is 4.90 Å². The van der Waals surface area contributed by atoms with Gasteiger partial charge in [-0.2, -0.15) is 5.26 Å². The molecular weight excluding hydrogens is 323 g/mol. The van der Waals surface area contributed by atoms with E-state index in [-0.39, 0.29) is 18.2 Å². The molecule has 130 valence electrons. The predicted octanol–water partition coefficient (Wildman–Crippen LogP) is 3.13. The Morgan fingerprint density at radius 2 is 2.08 bits per heavy atom. The molecule has 1 atom stereocenters. The van der Waals surface area contributed by atoms with Crippen molar-refractivity contribution >= 4 is 5.91 Å². The lowest BCUT2D eigenvalue weighted by atomic mass is 10.2.